The maximum Gasteiger partial charge on any atom is 0.257 e. The zero-order chi connectivity index (χ0) is 19.6. The Labute approximate surface area is 162 Å². The van der Waals surface area contributed by atoms with Gasteiger partial charge in [-0.3, -0.25) is 9.59 Å². The zero-order valence-corrected chi connectivity index (χ0v) is 16.2. The number of hydrogen-bond acceptors (Lipinski definition) is 6. The molecule has 0 spiro atoms. The lowest BCUT2D eigenvalue weighted by molar-refractivity contribution is -0.131. The molecule has 1 aliphatic rings. The maximum absolute atomic E-state index is 13.0. The van der Waals surface area contributed by atoms with Crippen molar-refractivity contribution in [2.75, 3.05) is 26.7 Å². The van der Waals surface area contributed by atoms with Crippen molar-refractivity contribution in [1.29, 1.82) is 0 Å². The molecule has 0 saturated carbocycles. The quantitative estimate of drug-likeness (QED) is 0.797. The van der Waals surface area contributed by atoms with Gasteiger partial charge in [-0.15, -0.1) is 0 Å². The number of rotatable bonds is 3. The summed E-state index contributed by atoms with van der Waals surface area (Å²) in [5.41, 5.74) is 0.434. The summed E-state index contributed by atoms with van der Waals surface area (Å²) in [7, 11) is 1.50. The molecule has 1 aliphatic heterocycles. The minimum Gasteiger partial charge on any atom is -0.496 e. The molecule has 1 saturated heterocycles. The van der Waals surface area contributed by atoms with Crippen molar-refractivity contribution in [3.63, 3.8) is 0 Å². The Morgan fingerprint density at radius 3 is 2.70 bits per heavy atom. The lowest BCUT2D eigenvalue weighted by Crippen LogP contribution is -2.37. The van der Waals surface area contributed by atoms with Gasteiger partial charge in [0, 0.05) is 31.6 Å². The summed E-state index contributed by atoms with van der Waals surface area (Å²) in [4.78, 5) is 32.8. The third-order valence-corrected chi connectivity index (χ3v) is 4.81. The van der Waals surface area contributed by atoms with Gasteiger partial charge in [0.2, 0.25) is 11.8 Å². The van der Waals surface area contributed by atoms with Crippen LogP contribution in [0, 0.1) is 6.92 Å². The van der Waals surface area contributed by atoms with Crippen molar-refractivity contribution in [1.82, 2.24) is 19.9 Å². The monoisotopic (exact) mass is 392 g/mol. The van der Waals surface area contributed by atoms with Crippen LogP contribution in [0.15, 0.2) is 22.7 Å². The van der Waals surface area contributed by atoms with E-state index in [-0.39, 0.29) is 17.9 Å². The summed E-state index contributed by atoms with van der Waals surface area (Å²) in [6.45, 7) is 4.44. The van der Waals surface area contributed by atoms with Gasteiger partial charge in [-0.25, -0.2) is 0 Å². The summed E-state index contributed by atoms with van der Waals surface area (Å²) < 4.78 is 10.6. The molecule has 0 aliphatic carbocycles. The van der Waals surface area contributed by atoms with Crippen LogP contribution < -0.4 is 4.74 Å². The highest BCUT2D eigenvalue weighted by molar-refractivity contribution is 6.30. The van der Waals surface area contributed by atoms with Crippen molar-refractivity contribution < 1.29 is 18.8 Å². The third-order valence-electron chi connectivity index (χ3n) is 4.57. The van der Waals surface area contributed by atoms with E-state index in [2.05, 4.69) is 10.1 Å². The smallest absolute Gasteiger partial charge is 0.257 e. The normalized spacial score (nSPS) is 17.6. The number of aryl methyl sites for hydroxylation is 1. The number of carbonyl (C=O) groups is 2. The summed E-state index contributed by atoms with van der Waals surface area (Å²) >= 11 is 5.98. The first kappa shape index (κ1) is 19.2. The predicted octanol–water partition coefficient (Wildman–Crippen LogP) is 2.48. The molecule has 27 heavy (non-hydrogen) atoms. The highest BCUT2D eigenvalue weighted by Gasteiger charge is 2.33. The van der Waals surface area contributed by atoms with Gasteiger partial charge in [-0.05, 0) is 31.5 Å². The number of amides is 2. The average molecular weight is 393 g/mol. The van der Waals surface area contributed by atoms with E-state index in [1.54, 1.807) is 34.9 Å². The van der Waals surface area contributed by atoms with Crippen LogP contribution in [0.25, 0.3) is 0 Å². The van der Waals surface area contributed by atoms with E-state index < -0.39 is 0 Å². The number of carbonyl (C=O) groups excluding carboxylic acids is 2. The molecular weight excluding hydrogens is 372 g/mol. The first-order valence-electron chi connectivity index (χ1n) is 8.61. The molecule has 2 aromatic rings. The Balaban J connectivity index is 1.84. The van der Waals surface area contributed by atoms with Crippen LogP contribution in [0.4, 0.5) is 0 Å². The van der Waals surface area contributed by atoms with Gasteiger partial charge in [0.25, 0.3) is 5.91 Å². The highest BCUT2D eigenvalue weighted by Crippen LogP contribution is 2.29. The zero-order valence-electron chi connectivity index (χ0n) is 15.4. The maximum atomic E-state index is 13.0. The summed E-state index contributed by atoms with van der Waals surface area (Å²) in [5, 5.41) is 4.31. The minimum atomic E-state index is -0.353. The molecule has 0 bridgehead atoms. The second kappa shape index (κ2) is 7.96. The van der Waals surface area contributed by atoms with Crippen LogP contribution in [-0.2, 0) is 4.79 Å². The van der Waals surface area contributed by atoms with Crippen LogP contribution in [0.1, 0.15) is 41.5 Å². The largest absolute Gasteiger partial charge is 0.496 e. The number of nitrogens with zero attached hydrogens (tertiary/aromatic N) is 4. The molecule has 1 atom stereocenters. The van der Waals surface area contributed by atoms with E-state index in [0.717, 1.165) is 0 Å². The Kier molecular flexibility index (Phi) is 5.65. The van der Waals surface area contributed by atoms with E-state index in [9.17, 15) is 9.59 Å². The lowest BCUT2D eigenvalue weighted by Gasteiger charge is -2.25. The first-order chi connectivity index (χ1) is 12.9. The SMILES string of the molecule is COc1cc(Cl)ccc1C(=O)N1CCC(c2nc(C)no2)N(C(C)=O)CC1. The molecule has 0 radical (unpaired) electrons. The fourth-order valence-corrected chi connectivity index (χ4v) is 3.39. The van der Waals surface area contributed by atoms with Crippen molar-refractivity contribution >= 4 is 23.4 Å². The average Bonchev–Trinajstić information content (AvgIpc) is 2.94. The molecular formula is C18H21ClN4O4. The van der Waals surface area contributed by atoms with Gasteiger partial charge in [0.05, 0.1) is 12.7 Å². The molecule has 8 nitrogen and oxygen atoms in total. The van der Waals surface area contributed by atoms with Gasteiger partial charge >= 0.3 is 0 Å². The van der Waals surface area contributed by atoms with Crippen molar-refractivity contribution in [3.8, 4) is 5.75 Å². The van der Waals surface area contributed by atoms with Crippen LogP contribution in [-0.4, -0.2) is 58.5 Å². The number of halogens is 1. The number of benzene rings is 1. The van der Waals surface area contributed by atoms with Gasteiger partial charge in [0.15, 0.2) is 5.82 Å². The second-order valence-electron chi connectivity index (χ2n) is 6.33. The van der Waals surface area contributed by atoms with Crippen molar-refractivity contribution in [2.45, 2.75) is 26.3 Å². The summed E-state index contributed by atoms with van der Waals surface area (Å²) in [5.74, 6) is 1.05. The molecule has 2 amide bonds. The summed E-state index contributed by atoms with van der Waals surface area (Å²) in [6.07, 6.45) is 0.503. The lowest BCUT2D eigenvalue weighted by atomic mass is 10.1. The molecule has 3 rings (SSSR count). The van der Waals surface area contributed by atoms with Crippen molar-refractivity contribution in [3.05, 3.63) is 40.5 Å². The van der Waals surface area contributed by atoms with E-state index in [0.29, 0.717) is 54.1 Å². The molecule has 1 unspecified atom stereocenters. The van der Waals surface area contributed by atoms with Crippen LogP contribution in [0.3, 0.4) is 0 Å². The van der Waals surface area contributed by atoms with E-state index >= 15 is 0 Å². The number of hydrogen-bond donors (Lipinski definition) is 0. The van der Waals surface area contributed by atoms with Crippen LogP contribution in [0.2, 0.25) is 5.02 Å². The van der Waals surface area contributed by atoms with Gasteiger partial charge < -0.3 is 19.1 Å². The number of ether oxygens (including phenoxy) is 1. The fraction of sp³-hybridized carbons (Fsp3) is 0.444. The molecule has 0 N–H and O–H groups in total. The molecule has 1 aromatic carbocycles. The predicted molar refractivity (Wildman–Crippen MR) is 97.7 cm³/mol. The molecule has 1 aromatic heterocycles. The highest BCUT2D eigenvalue weighted by atomic mass is 35.5. The van der Waals surface area contributed by atoms with Crippen LogP contribution >= 0.6 is 11.6 Å². The standard InChI is InChI=1S/C18H21ClN4O4/c1-11-20-17(27-21-11)15-6-7-22(8-9-23(15)12(2)24)18(25)14-5-4-13(19)10-16(14)26-3/h4-5,10,15H,6-9H2,1-3H3. The topological polar surface area (TPSA) is 88.8 Å². The van der Waals surface area contributed by atoms with E-state index in [4.69, 9.17) is 20.9 Å². The second-order valence-corrected chi connectivity index (χ2v) is 6.77. The van der Waals surface area contributed by atoms with Gasteiger partial charge in [-0.1, -0.05) is 16.8 Å². The Morgan fingerprint density at radius 2 is 2.07 bits per heavy atom. The Hall–Kier alpha value is -2.61. The van der Waals surface area contributed by atoms with Crippen LogP contribution in [0.5, 0.6) is 5.75 Å². The fourth-order valence-electron chi connectivity index (χ4n) is 3.23. The molecule has 9 heteroatoms. The van der Waals surface area contributed by atoms with E-state index in [1.807, 2.05) is 0 Å². The van der Waals surface area contributed by atoms with E-state index in [1.165, 1.54) is 14.0 Å². The number of aromatic nitrogens is 2. The Bertz CT molecular complexity index is 854. The first-order valence-corrected chi connectivity index (χ1v) is 8.98. The number of methoxy groups -OCH3 is 1. The molecule has 1 fully saturated rings. The summed E-state index contributed by atoms with van der Waals surface area (Å²) in [6, 6.07) is 4.56. The molecule has 2 heterocycles. The third kappa shape index (κ3) is 4.05. The van der Waals surface area contributed by atoms with Gasteiger partial charge in [-0.2, -0.15) is 4.98 Å². The Morgan fingerprint density at radius 1 is 1.30 bits per heavy atom. The van der Waals surface area contributed by atoms with Gasteiger partial charge in [0.1, 0.15) is 11.8 Å². The molecule has 144 valence electrons. The van der Waals surface area contributed by atoms with Crippen molar-refractivity contribution in [2.24, 2.45) is 0 Å². The minimum absolute atomic E-state index is 0.103.